The highest BCUT2D eigenvalue weighted by atomic mass is 79.9. The average Bonchev–Trinajstić information content (AvgIpc) is 2.14. The highest BCUT2D eigenvalue weighted by molar-refractivity contribution is 9.10. The Bertz CT molecular complexity index is 264. The first-order valence-corrected chi connectivity index (χ1v) is 6.26. The van der Waals surface area contributed by atoms with Gasteiger partial charge in [-0.05, 0) is 17.7 Å². The molecule has 71 valence electrons. The molecule has 0 unspecified atom stereocenters. The van der Waals surface area contributed by atoms with Gasteiger partial charge in [-0.3, -0.25) is 0 Å². The third-order valence-electron chi connectivity index (χ3n) is 1.69. The summed E-state index contributed by atoms with van der Waals surface area (Å²) in [6.45, 7) is 0. The van der Waals surface area contributed by atoms with Crippen LogP contribution in [0.1, 0.15) is 5.56 Å². The van der Waals surface area contributed by atoms with E-state index in [0.717, 1.165) is 10.5 Å². The van der Waals surface area contributed by atoms with E-state index in [1.165, 1.54) is 5.56 Å². The van der Waals surface area contributed by atoms with E-state index in [1.54, 1.807) is 14.2 Å². The van der Waals surface area contributed by atoms with Crippen LogP contribution < -0.4 is 0 Å². The van der Waals surface area contributed by atoms with Gasteiger partial charge < -0.3 is 8.85 Å². The van der Waals surface area contributed by atoms with E-state index in [2.05, 4.69) is 28.1 Å². The first kappa shape index (κ1) is 10.9. The van der Waals surface area contributed by atoms with Crippen LogP contribution in [0.3, 0.4) is 0 Å². The van der Waals surface area contributed by atoms with Crippen LogP contribution in [0.2, 0.25) is 0 Å². The largest absolute Gasteiger partial charge is 0.397 e. The predicted molar refractivity (Wildman–Crippen MR) is 57.6 cm³/mol. The molecule has 0 aromatic heterocycles. The lowest BCUT2D eigenvalue weighted by molar-refractivity contribution is 0.277. The fraction of sp³-hybridized carbons (Fsp3) is 0.333. The van der Waals surface area contributed by atoms with Crippen molar-refractivity contribution >= 4 is 25.2 Å². The van der Waals surface area contributed by atoms with E-state index in [9.17, 15) is 0 Å². The smallest absolute Gasteiger partial charge is 0.388 e. The number of rotatable bonds is 4. The molecule has 0 saturated heterocycles. The lowest BCUT2D eigenvalue weighted by Gasteiger charge is -2.08. The maximum Gasteiger partial charge on any atom is 0.388 e. The van der Waals surface area contributed by atoms with Crippen molar-refractivity contribution in [3.8, 4) is 0 Å². The van der Waals surface area contributed by atoms with Crippen LogP contribution in [-0.2, 0) is 14.9 Å². The molecule has 0 amide bonds. The molecule has 0 saturated carbocycles. The topological polar surface area (TPSA) is 18.5 Å². The molecular weight excluding hydrogens is 248 g/mol. The molecule has 1 rings (SSSR count). The van der Waals surface area contributed by atoms with Crippen molar-refractivity contribution in [2.24, 2.45) is 0 Å². The van der Waals surface area contributed by atoms with Crippen LogP contribution in [0.15, 0.2) is 28.7 Å². The zero-order valence-electron chi connectivity index (χ0n) is 7.71. The van der Waals surface area contributed by atoms with Gasteiger partial charge >= 0.3 is 9.28 Å². The van der Waals surface area contributed by atoms with Crippen LogP contribution in [0.25, 0.3) is 0 Å². The van der Waals surface area contributed by atoms with Gasteiger partial charge in [-0.2, -0.15) is 0 Å². The molecule has 13 heavy (non-hydrogen) atoms. The highest BCUT2D eigenvalue weighted by Gasteiger charge is 2.12. The van der Waals surface area contributed by atoms with Gasteiger partial charge in [-0.15, -0.1) is 0 Å². The van der Waals surface area contributed by atoms with Crippen molar-refractivity contribution < 1.29 is 8.85 Å². The molecule has 1 aromatic rings. The molecule has 0 aliphatic rings. The zero-order chi connectivity index (χ0) is 9.68. The lowest BCUT2D eigenvalue weighted by atomic mass is 10.2. The first-order valence-electron chi connectivity index (χ1n) is 3.94. The quantitative estimate of drug-likeness (QED) is 0.773. The van der Waals surface area contributed by atoms with Crippen LogP contribution >= 0.6 is 15.9 Å². The number of hydrogen-bond acceptors (Lipinski definition) is 2. The van der Waals surface area contributed by atoms with Crippen molar-refractivity contribution in [1.82, 2.24) is 0 Å². The molecule has 0 heterocycles. The van der Waals surface area contributed by atoms with E-state index in [-0.39, 0.29) is 0 Å². The second kappa shape index (κ2) is 5.54. The van der Waals surface area contributed by atoms with Crippen molar-refractivity contribution in [3.63, 3.8) is 0 Å². The zero-order valence-corrected chi connectivity index (χ0v) is 10.3. The molecule has 0 aliphatic carbocycles. The maximum absolute atomic E-state index is 5.21. The third-order valence-corrected chi connectivity index (χ3v) is 3.79. The molecule has 0 spiro atoms. The second-order valence-electron chi connectivity index (χ2n) is 2.59. The Kier molecular flexibility index (Phi) is 4.65. The fourth-order valence-corrected chi connectivity index (χ4v) is 2.50. The normalized spacial score (nSPS) is 10.8. The minimum atomic E-state index is -1.11. The van der Waals surface area contributed by atoms with Gasteiger partial charge in [-0.25, -0.2) is 0 Å². The van der Waals surface area contributed by atoms with E-state index < -0.39 is 9.28 Å². The summed E-state index contributed by atoms with van der Waals surface area (Å²) in [7, 11) is 2.27. The fourth-order valence-electron chi connectivity index (χ4n) is 1.04. The minimum Gasteiger partial charge on any atom is -0.397 e. The number of halogens is 1. The molecule has 1 aromatic carbocycles. The van der Waals surface area contributed by atoms with Crippen LogP contribution in [-0.4, -0.2) is 23.5 Å². The van der Waals surface area contributed by atoms with Crippen molar-refractivity contribution in [2.75, 3.05) is 14.2 Å². The van der Waals surface area contributed by atoms with Gasteiger partial charge in [0.1, 0.15) is 0 Å². The van der Waals surface area contributed by atoms with E-state index >= 15 is 0 Å². The molecule has 0 bridgehead atoms. The van der Waals surface area contributed by atoms with E-state index in [4.69, 9.17) is 8.85 Å². The summed E-state index contributed by atoms with van der Waals surface area (Å²) in [4.78, 5) is 0. The van der Waals surface area contributed by atoms with E-state index in [0.29, 0.717) is 0 Å². The SMILES string of the molecule is CO[Si](Cc1cccc(Br)c1)OC. The minimum absolute atomic E-state index is 0.872. The summed E-state index contributed by atoms with van der Waals surface area (Å²) < 4.78 is 11.5. The first-order chi connectivity index (χ1) is 6.26. The van der Waals surface area contributed by atoms with Gasteiger partial charge in [0.15, 0.2) is 0 Å². The van der Waals surface area contributed by atoms with Crippen molar-refractivity contribution in [3.05, 3.63) is 34.3 Å². The maximum atomic E-state index is 5.21. The molecule has 2 nitrogen and oxygen atoms in total. The summed E-state index contributed by atoms with van der Waals surface area (Å²) in [6, 6.07) is 9.06. The summed E-state index contributed by atoms with van der Waals surface area (Å²) in [5.74, 6) is 0. The highest BCUT2D eigenvalue weighted by Crippen LogP contribution is 2.12. The van der Waals surface area contributed by atoms with Gasteiger partial charge in [0.2, 0.25) is 0 Å². The van der Waals surface area contributed by atoms with Crippen LogP contribution in [0, 0.1) is 0 Å². The van der Waals surface area contributed by atoms with Gasteiger partial charge in [0, 0.05) is 24.7 Å². The molecule has 4 heteroatoms. The standard InChI is InChI=1S/C9H12BrO2Si/c1-11-13(12-2)7-8-4-3-5-9(10)6-8/h3-6H,7H2,1-2H3. The Morgan fingerprint density at radius 1 is 1.31 bits per heavy atom. The molecular formula is C9H12BrO2Si. The number of hydrogen-bond donors (Lipinski definition) is 0. The summed E-state index contributed by atoms with van der Waals surface area (Å²) in [5.41, 5.74) is 1.24. The lowest BCUT2D eigenvalue weighted by Crippen LogP contribution is -2.22. The summed E-state index contributed by atoms with van der Waals surface area (Å²) >= 11 is 3.43. The van der Waals surface area contributed by atoms with Crippen molar-refractivity contribution in [2.45, 2.75) is 6.04 Å². The molecule has 0 aliphatic heterocycles. The Morgan fingerprint density at radius 2 is 2.00 bits per heavy atom. The second-order valence-corrected chi connectivity index (χ2v) is 5.42. The number of benzene rings is 1. The van der Waals surface area contributed by atoms with Crippen LogP contribution in [0.4, 0.5) is 0 Å². The van der Waals surface area contributed by atoms with Crippen molar-refractivity contribution in [1.29, 1.82) is 0 Å². The van der Waals surface area contributed by atoms with Crippen LogP contribution in [0.5, 0.6) is 0 Å². The Hall–Kier alpha value is -0.163. The summed E-state index contributed by atoms with van der Waals surface area (Å²) in [5, 5.41) is 0. The Balaban J connectivity index is 2.62. The monoisotopic (exact) mass is 259 g/mol. The van der Waals surface area contributed by atoms with Gasteiger partial charge in [0.05, 0.1) is 0 Å². The Labute approximate surface area is 88.8 Å². The molecule has 0 atom stereocenters. The Morgan fingerprint density at radius 3 is 2.54 bits per heavy atom. The summed E-state index contributed by atoms with van der Waals surface area (Å²) in [6.07, 6.45) is 0. The van der Waals surface area contributed by atoms with E-state index in [1.807, 2.05) is 12.1 Å². The molecule has 0 fully saturated rings. The third kappa shape index (κ3) is 3.60. The molecule has 0 N–H and O–H groups in total. The van der Waals surface area contributed by atoms with Gasteiger partial charge in [0.25, 0.3) is 0 Å². The predicted octanol–water partition coefficient (Wildman–Crippen LogP) is 2.31. The molecule has 1 radical (unpaired) electrons. The average molecular weight is 260 g/mol. The van der Waals surface area contributed by atoms with Gasteiger partial charge in [-0.1, -0.05) is 28.1 Å².